The number of aromatic carboxylic acids is 1. The number of carboxylic acid groups (broad SMARTS) is 1. The van der Waals surface area contributed by atoms with Gasteiger partial charge in [0.2, 0.25) is 0 Å². The van der Waals surface area contributed by atoms with Crippen LogP contribution < -0.4 is 0 Å². The van der Waals surface area contributed by atoms with Gasteiger partial charge in [-0.2, -0.15) is 0 Å². The topological polar surface area (TPSA) is 63.6 Å². The normalized spacial score (nSPS) is 29.3. The Hall–Kier alpha value is -1.84. The molecule has 2 fully saturated rings. The van der Waals surface area contributed by atoms with Crippen LogP contribution in [-0.4, -0.2) is 22.6 Å². The standard InChI is InChI=1S/C20H26O4/c1-19(2,3)24-18(23)16-12-20(16)10-8-14(9-11-20)13-4-6-15(7-5-13)17(21)22/h4-7,14,16H,8-12H2,1-3H3,(H,21,22). The zero-order valence-electron chi connectivity index (χ0n) is 14.7. The van der Waals surface area contributed by atoms with E-state index in [9.17, 15) is 9.59 Å². The largest absolute Gasteiger partial charge is 0.478 e. The number of ether oxygens (including phenoxy) is 1. The zero-order chi connectivity index (χ0) is 17.5. The number of esters is 1. The van der Waals surface area contributed by atoms with Crippen LogP contribution in [0.4, 0.5) is 0 Å². The third-order valence-electron chi connectivity index (χ3n) is 5.49. The van der Waals surface area contributed by atoms with E-state index in [1.807, 2.05) is 32.9 Å². The van der Waals surface area contributed by atoms with Crippen LogP contribution >= 0.6 is 0 Å². The lowest BCUT2D eigenvalue weighted by molar-refractivity contribution is -0.157. The van der Waals surface area contributed by atoms with Gasteiger partial charge in [0.05, 0.1) is 11.5 Å². The molecular weight excluding hydrogens is 304 g/mol. The van der Waals surface area contributed by atoms with Gasteiger partial charge in [-0.3, -0.25) is 4.79 Å². The van der Waals surface area contributed by atoms with Crippen molar-refractivity contribution in [2.45, 2.75) is 64.4 Å². The fourth-order valence-corrected chi connectivity index (χ4v) is 4.03. The van der Waals surface area contributed by atoms with Crippen molar-refractivity contribution in [1.29, 1.82) is 0 Å². The summed E-state index contributed by atoms with van der Waals surface area (Å²) in [4.78, 5) is 23.2. The molecule has 0 radical (unpaired) electrons. The van der Waals surface area contributed by atoms with Crippen LogP contribution in [0, 0.1) is 11.3 Å². The third kappa shape index (κ3) is 3.47. The first-order valence-electron chi connectivity index (χ1n) is 8.76. The van der Waals surface area contributed by atoms with Crippen molar-refractivity contribution in [3.05, 3.63) is 35.4 Å². The number of hydrogen-bond acceptors (Lipinski definition) is 3. The predicted octanol–water partition coefficient (Wildman–Crippen LogP) is 4.39. The highest BCUT2D eigenvalue weighted by Crippen LogP contribution is 2.63. The van der Waals surface area contributed by atoms with Crippen molar-refractivity contribution in [2.24, 2.45) is 11.3 Å². The fraction of sp³-hybridized carbons (Fsp3) is 0.600. The van der Waals surface area contributed by atoms with E-state index in [0.717, 1.165) is 32.1 Å². The second kappa shape index (κ2) is 5.91. The van der Waals surface area contributed by atoms with E-state index in [1.165, 1.54) is 5.56 Å². The molecule has 1 spiro atoms. The molecule has 1 atom stereocenters. The molecule has 1 aromatic carbocycles. The lowest BCUT2D eigenvalue weighted by Crippen LogP contribution is -2.27. The third-order valence-corrected chi connectivity index (χ3v) is 5.49. The maximum Gasteiger partial charge on any atom is 0.335 e. The van der Waals surface area contributed by atoms with Crippen molar-refractivity contribution < 1.29 is 19.4 Å². The average molecular weight is 330 g/mol. The fourth-order valence-electron chi connectivity index (χ4n) is 4.03. The van der Waals surface area contributed by atoms with Crippen LogP contribution in [0.25, 0.3) is 0 Å². The summed E-state index contributed by atoms with van der Waals surface area (Å²) in [6, 6.07) is 7.24. The van der Waals surface area contributed by atoms with E-state index in [4.69, 9.17) is 9.84 Å². The van der Waals surface area contributed by atoms with Crippen LogP contribution in [0.5, 0.6) is 0 Å². The van der Waals surface area contributed by atoms with Gasteiger partial charge in [-0.25, -0.2) is 4.79 Å². The zero-order valence-corrected chi connectivity index (χ0v) is 14.7. The molecule has 2 saturated carbocycles. The van der Waals surface area contributed by atoms with Crippen molar-refractivity contribution in [3.63, 3.8) is 0 Å². The molecule has 2 aliphatic rings. The maximum atomic E-state index is 12.3. The van der Waals surface area contributed by atoms with E-state index in [1.54, 1.807) is 12.1 Å². The molecule has 1 aromatic rings. The van der Waals surface area contributed by atoms with E-state index < -0.39 is 11.6 Å². The molecule has 130 valence electrons. The molecule has 3 rings (SSSR count). The van der Waals surface area contributed by atoms with Gasteiger partial charge in [-0.15, -0.1) is 0 Å². The van der Waals surface area contributed by atoms with Gasteiger partial charge >= 0.3 is 11.9 Å². The molecule has 0 aliphatic heterocycles. The number of hydrogen-bond donors (Lipinski definition) is 1. The van der Waals surface area contributed by atoms with E-state index in [-0.39, 0.29) is 17.3 Å². The molecule has 1 N–H and O–H groups in total. The highest BCUT2D eigenvalue weighted by Gasteiger charge is 2.59. The molecule has 0 bridgehead atoms. The van der Waals surface area contributed by atoms with E-state index >= 15 is 0 Å². The molecule has 2 aliphatic carbocycles. The molecule has 0 saturated heterocycles. The SMILES string of the molecule is CC(C)(C)OC(=O)C1CC12CCC(c1ccc(C(=O)O)cc1)CC2. The Morgan fingerprint density at radius 2 is 1.71 bits per heavy atom. The Balaban J connectivity index is 1.57. The molecule has 24 heavy (non-hydrogen) atoms. The summed E-state index contributed by atoms with van der Waals surface area (Å²) in [5.74, 6) is -0.375. The van der Waals surface area contributed by atoms with Gasteiger partial charge in [-0.1, -0.05) is 12.1 Å². The number of carboxylic acids is 1. The predicted molar refractivity (Wildman–Crippen MR) is 91.0 cm³/mol. The first-order chi connectivity index (χ1) is 11.2. The highest BCUT2D eigenvalue weighted by atomic mass is 16.6. The van der Waals surface area contributed by atoms with Crippen LogP contribution in [0.2, 0.25) is 0 Å². The minimum absolute atomic E-state index is 0.0354. The average Bonchev–Trinajstić information content (AvgIpc) is 3.20. The molecular formula is C20H26O4. The Morgan fingerprint density at radius 3 is 2.21 bits per heavy atom. The Bertz CT molecular complexity index is 631. The first-order valence-corrected chi connectivity index (χ1v) is 8.76. The van der Waals surface area contributed by atoms with Crippen molar-refractivity contribution in [3.8, 4) is 0 Å². The summed E-state index contributed by atoms with van der Waals surface area (Å²) in [5, 5.41) is 8.98. The molecule has 4 heteroatoms. The summed E-state index contributed by atoms with van der Waals surface area (Å²) in [5.41, 5.74) is 1.30. The van der Waals surface area contributed by atoms with Gasteiger partial charge < -0.3 is 9.84 Å². The number of carbonyl (C=O) groups excluding carboxylic acids is 1. The maximum absolute atomic E-state index is 12.3. The minimum atomic E-state index is -0.887. The minimum Gasteiger partial charge on any atom is -0.478 e. The van der Waals surface area contributed by atoms with Crippen LogP contribution in [0.3, 0.4) is 0 Å². The number of carbonyl (C=O) groups is 2. The van der Waals surface area contributed by atoms with Crippen LogP contribution in [0.1, 0.15) is 74.7 Å². The summed E-state index contributed by atoms with van der Waals surface area (Å²) in [7, 11) is 0. The monoisotopic (exact) mass is 330 g/mol. The van der Waals surface area contributed by atoms with E-state index in [2.05, 4.69) is 0 Å². The van der Waals surface area contributed by atoms with Crippen molar-refractivity contribution >= 4 is 11.9 Å². The first kappa shape index (κ1) is 17.0. The van der Waals surface area contributed by atoms with Crippen molar-refractivity contribution in [2.75, 3.05) is 0 Å². The molecule has 1 unspecified atom stereocenters. The summed E-state index contributed by atoms with van der Waals surface area (Å²) in [6.45, 7) is 5.74. The van der Waals surface area contributed by atoms with Gasteiger partial charge in [0.25, 0.3) is 0 Å². The van der Waals surface area contributed by atoms with Gasteiger partial charge in [0.1, 0.15) is 5.60 Å². The molecule has 0 amide bonds. The van der Waals surface area contributed by atoms with Crippen LogP contribution in [0.15, 0.2) is 24.3 Å². The number of rotatable bonds is 3. The number of benzene rings is 1. The molecule has 4 nitrogen and oxygen atoms in total. The smallest absolute Gasteiger partial charge is 0.335 e. The Kier molecular flexibility index (Phi) is 4.18. The quantitative estimate of drug-likeness (QED) is 0.835. The van der Waals surface area contributed by atoms with E-state index in [0.29, 0.717) is 11.5 Å². The van der Waals surface area contributed by atoms with Crippen molar-refractivity contribution in [1.82, 2.24) is 0 Å². The van der Waals surface area contributed by atoms with Crippen LogP contribution in [-0.2, 0) is 9.53 Å². The summed E-state index contributed by atoms with van der Waals surface area (Å²) >= 11 is 0. The molecule has 0 heterocycles. The second-order valence-electron chi connectivity index (χ2n) is 8.35. The Morgan fingerprint density at radius 1 is 1.12 bits per heavy atom. The highest BCUT2D eigenvalue weighted by molar-refractivity contribution is 5.87. The van der Waals surface area contributed by atoms with Gasteiger partial charge in [0, 0.05) is 0 Å². The lowest BCUT2D eigenvalue weighted by Gasteiger charge is -2.30. The van der Waals surface area contributed by atoms with Gasteiger partial charge in [0.15, 0.2) is 0 Å². The summed E-state index contributed by atoms with van der Waals surface area (Å²) < 4.78 is 5.54. The summed E-state index contributed by atoms with van der Waals surface area (Å²) in [6.07, 6.45) is 5.20. The second-order valence-corrected chi connectivity index (χ2v) is 8.35. The lowest BCUT2D eigenvalue weighted by atomic mass is 9.75. The Labute approximate surface area is 143 Å². The molecule has 0 aromatic heterocycles. The van der Waals surface area contributed by atoms with Gasteiger partial charge in [-0.05, 0) is 81.9 Å².